The topological polar surface area (TPSA) is 63.2 Å². The van der Waals surface area contributed by atoms with E-state index in [4.69, 9.17) is 23.7 Å². The van der Waals surface area contributed by atoms with Gasteiger partial charge in [-0.15, -0.1) is 0 Å². The highest BCUT2D eigenvalue weighted by atomic mass is 16.8. The highest BCUT2D eigenvalue weighted by Gasteiger charge is 2.59. The summed E-state index contributed by atoms with van der Waals surface area (Å²) in [4.78, 5) is 13.1. The van der Waals surface area contributed by atoms with Crippen LogP contribution in [0.15, 0.2) is 0 Å². The van der Waals surface area contributed by atoms with Gasteiger partial charge in [-0.2, -0.15) is 0 Å². The molecule has 0 N–H and O–H groups in total. The Morgan fingerprint density at radius 1 is 0.800 bits per heavy atom. The SMILES string of the molecule is CCCCCCCCC1OC2COC3(COC(CCCCCCCC)O3)C(=O)C2O1. The zero-order valence-electron chi connectivity index (χ0n) is 19.1. The Bertz CT molecular complexity index is 498. The molecule has 3 fully saturated rings. The minimum absolute atomic E-state index is 0.154. The first kappa shape index (κ1) is 24.1. The van der Waals surface area contributed by atoms with Crippen LogP contribution in [-0.2, 0) is 28.5 Å². The third-order valence-corrected chi connectivity index (χ3v) is 6.45. The average Bonchev–Trinajstić information content (AvgIpc) is 3.36. The van der Waals surface area contributed by atoms with Crippen molar-refractivity contribution < 1.29 is 28.5 Å². The molecule has 0 aromatic carbocycles. The lowest BCUT2D eigenvalue weighted by Gasteiger charge is -2.34. The fraction of sp³-hybridized carbons (Fsp3) is 0.958. The van der Waals surface area contributed by atoms with E-state index in [0.717, 1.165) is 25.7 Å². The van der Waals surface area contributed by atoms with Crippen LogP contribution < -0.4 is 0 Å². The standard InChI is InChI=1S/C24H42O6/c1-3-5-7-9-11-13-15-20-26-18-24(30-20)23(25)22-19(17-27-24)28-21(29-22)16-14-12-10-8-6-4-2/h19-22H,3-18H2,1-2H3. The number of ether oxygens (including phenoxy) is 5. The number of unbranched alkanes of at least 4 members (excludes halogenated alkanes) is 10. The molecule has 6 heteroatoms. The number of hydrogen-bond donors (Lipinski definition) is 0. The molecule has 0 aromatic rings. The van der Waals surface area contributed by atoms with Gasteiger partial charge in [0, 0.05) is 0 Å². The van der Waals surface area contributed by atoms with Crippen LogP contribution in [-0.4, -0.2) is 49.6 Å². The molecule has 5 atom stereocenters. The number of carbonyl (C=O) groups excluding carboxylic acids is 1. The first-order valence-electron chi connectivity index (χ1n) is 12.5. The summed E-state index contributed by atoms with van der Waals surface area (Å²) in [5.74, 6) is -1.47. The minimum Gasteiger partial charge on any atom is -0.346 e. The number of carbonyl (C=O) groups is 1. The van der Waals surface area contributed by atoms with Gasteiger partial charge in [0.05, 0.1) is 6.61 Å². The Kier molecular flexibility index (Phi) is 10.0. The summed E-state index contributed by atoms with van der Waals surface area (Å²) >= 11 is 0. The molecule has 0 radical (unpaired) electrons. The molecule has 0 aromatic heterocycles. The van der Waals surface area contributed by atoms with Crippen molar-refractivity contribution >= 4 is 5.78 Å². The van der Waals surface area contributed by atoms with Crippen molar-refractivity contribution in [2.75, 3.05) is 13.2 Å². The van der Waals surface area contributed by atoms with Gasteiger partial charge in [-0.05, 0) is 25.7 Å². The molecule has 6 nitrogen and oxygen atoms in total. The molecule has 0 bridgehead atoms. The molecule has 1 spiro atoms. The molecule has 3 heterocycles. The van der Waals surface area contributed by atoms with Crippen LogP contribution in [0.2, 0.25) is 0 Å². The van der Waals surface area contributed by atoms with Gasteiger partial charge in [0.2, 0.25) is 5.78 Å². The van der Waals surface area contributed by atoms with Crippen LogP contribution in [0.25, 0.3) is 0 Å². The van der Waals surface area contributed by atoms with Gasteiger partial charge in [0.15, 0.2) is 18.7 Å². The van der Waals surface area contributed by atoms with E-state index in [9.17, 15) is 4.79 Å². The van der Waals surface area contributed by atoms with E-state index in [2.05, 4.69) is 13.8 Å². The van der Waals surface area contributed by atoms with Crippen LogP contribution in [0.1, 0.15) is 104 Å². The second kappa shape index (κ2) is 12.5. The Hall–Kier alpha value is -0.530. The van der Waals surface area contributed by atoms with Gasteiger partial charge in [-0.25, -0.2) is 0 Å². The van der Waals surface area contributed by atoms with Gasteiger partial charge in [0.25, 0.3) is 5.79 Å². The van der Waals surface area contributed by atoms with E-state index in [-0.39, 0.29) is 31.1 Å². The Morgan fingerprint density at radius 2 is 1.40 bits per heavy atom. The zero-order chi connectivity index (χ0) is 21.2. The number of Topliss-reactive ketones (excluding diaryl/α,β-unsaturated/α-hetero) is 1. The van der Waals surface area contributed by atoms with Crippen molar-refractivity contribution in [1.29, 1.82) is 0 Å². The number of ketones is 1. The smallest absolute Gasteiger partial charge is 0.258 e. The van der Waals surface area contributed by atoms with E-state index in [1.807, 2.05) is 0 Å². The largest absolute Gasteiger partial charge is 0.346 e. The molecular formula is C24H42O6. The maximum atomic E-state index is 13.1. The molecule has 0 aliphatic carbocycles. The molecule has 3 aliphatic rings. The summed E-state index contributed by atoms with van der Waals surface area (Å²) in [6.45, 7) is 4.92. The molecule has 174 valence electrons. The molecule has 30 heavy (non-hydrogen) atoms. The highest BCUT2D eigenvalue weighted by molar-refractivity contribution is 5.91. The Balaban J connectivity index is 1.37. The molecule has 3 aliphatic heterocycles. The molecule has 0 saturated carbocycles. The normalized spacial score (nSPS) is 33.5. The molecule has 3 saturated heterocycles. The molecule has 5 unspecified atom stereocenters. The predicted molar refractivity (Wildman–Crippen MR) is 114 cm³/mol. The van der Waals surface area contributed by atoms with Crippen LogP contribution in [0, 0.1) is 0 Å². The van der Waals surface area contributed by atoms with Crippen molar-refractivity contribution in [1.82, 2.24) is 0 Å². The summed E-state index contributed by atoms with van der Waals surface area (Å²) in [6, 6.07) is 0. The maximum Gasteiger partial charge on any atom is 0.258 e. The maximum absolute atomic E-state index is 13.1. The fourth-order valence-electron chi connectivity index (χ4n) is 4.56. The third-order valence-electron chi connectivity index (χ3n) is 6.45. The molecule has 3 rings (SSSR count). The first-order chi connectivity index (χ1) is 14.7. The lowest BCUT2D eigenvalue weighted by molar-refractivity contribution is -0.245. The predicted octanol–water partition coefficient (Wildman–Crippen LogP) is 5.27. The van der Waals surface area contributed by atoms with Crippen LogP contribution >= 0.6 is 0 Å². The lowest BCUT2D eigenvalue weighted by atomic mass is 9.99. The van der Waals surface area contributed by atoms with Gasteiger partial charge < -0.3 is 23.7 Å². The van der Waals surface area contributed by atoms with Crippen molar-refractivity contribution in [3.05, 3.63) is 0 Å². The van der Waals surface area contributed by atoms with Crippen molar-refractivity contribution in [3.63, 3.8) is 0 Å². The van der Waals surface area contributed by atoms with Gasteiger partial charge >= 0.3 is 0 Å². The third kappa shape index (κ3) is 6.49. The van der Waals surface area contributed by atoms with E-state index < -0.39 is 11.9 Å². The second-order valence-corrected chi connectivity index (χ2v) is 9.06. The first-order valence-corrected chi connectivity index (χ1v) is 12.5. The van der Waals surface area contributed by atoms with Gasteiger partial charge in [-0.1, -0.05) is 78.1 Å². The Labute approximate surface area is 182 Å². The van der Waals surface area contributed by atoms with E-state index in [0.29, 0.717) is 6.61 Å². The van der Waals surface area contributed by atoms with Crippen molar-refractivity contribution in [2.45, 2.75) is 134 Å². The van der Waals surface area contributed by atoms with Gasteiger partial charge in [0.1, 0.15) is 12.7 Å². The summed E-state index contributed by atoms with van der Waals surface area (Å²) in [7, 11) is 0. The Morgan fingerprint density at radius 3 is 2.07 bits per heavy atom. The van der Waals surface area contributed by atoms with E-state index >= 15 is 0 Å². The van der Waals surface area contributed by atoms with E-state index in [1.165, 1.54) is 64.2 Å². The second-order valence-electron chi connectivity index (χ2n) is 9.06. The van der Waals surface area contributed by atoms with Crippen LogP contribution in [0.4, 0.5) is 0 Å². The summed E-state index contributed by atoms with van der Waals surface area (Å²) < 4.78 is 29.5. The van der Waals surface area contributed by atoms with Crippen molar-refractivity contribution in [2.24, 2.45) is 0 Å². The molecule has 0 amide bonds. The summed E-state index contributed by atoms with van der Waals surface area (Å²) in [5.41, 5.74) is 0. The van der Waals surface area contributed by atoms with Gasteiger partial charge in [-0.3, -0.25) is 4.79 Å². The number of hydrogen-bond acceptors (Lipinski definition) is 6. The summed E-state index contributed by atoms with van der Waals surface area (Å²) in [5, 5.41) is 0. The highest BCUT2D eigenvalue weighted by Crippen LogP contribution is 2.38. The van der Waals surface area contributed by atoms with Crippen molar-refractivity contribution in [3.8, 4) is 0 Å². The van der Waals surface area contributed by atoms with E-state index in [1.54, 1.807) is 0 Å². The number of rotatable bonds is 14. The zero-order valence-corrected chi connectivity index (χ0v) is 19.1. The minimum atomic E-state index is -1.30. The van der Waals surface area contributed by atoms with Crippen LogP contribution in [0.3, 0.4) is 0 Å². The fourth-order valence-corrected chi connectivity index (χ4v) is 4.56. The lowest BCUT2D eigenvalue weighted by Crippen LogP contribution is -2.58. The van der Waals surface area contributed by atoms with Crippen LogP contribution in [0.5, 0.6) is 0 Å². The average molecular weight is 427 g/mol. The monoisotopic (exact) mass is 426 g/mol. The quantitative estimate of drug-likeness (QED) is 0.353. The number of fused-ring (bicyclic) bond motifs is 1. The molecular weight excluding hydrogens is 384 g/mol. The summed E-state index contributed by atoms with van der Waals surface area (Å²) in [6.07, 6.45) is 14.7.